The molecule has 2 aromatic rings. The molecule has 122 valence electrons. The Balaban J connectivity index is 2.26. The molecule has 4 heteroatoms. The summed E-state index contributed by atoms with van der Waals surface area (Å²) in [5, 5.41) is 0. The fourth-order valence-electron chi connectivity index (χ4n) is 3.01. The maximum absolute atomic E-state index is 12.6. The Morgan fingerprint density at radius 3 is 2.50 bits per heavy atom. The minimum absolute atomic E-state index is 0.0212. The topological polar surface area (TPSA) is 35.7 Å². The highest BCUT2D eigenvalue weighted by Gasteiger charge is 2.28. The number of nitrogens with zero attached hydrogens (tertiary/aromatic N) is 3. The van der Waals surface area contributed by atoms with Gasteiger partial charge in [0.25, 0.3) is 0 Å². The molecule has 0 fully saturated rings. The van der Waals surface area contributed by atoms with Gasteiger partial charge in [-0.3, -0.25) is 9.79 Å². The van der Waals surface area contributed by atoms with Crippen LogP contribution in [0.25, 0.3) is 0 Å². The molecular weight excluding hydrogens is 298 g/mol. The summed E-state index contributed by atoms with van der Waals surface area (Å²) in [5.74, 6) is 0.0212. The molecule has 0 N–H and O–H groups in total. The Kier molecular flexibility index (Phi) is 4.30. The summed E-state index contributed by atoms with van der Waals surface area (Å²) in [6.07, 6.45) is 0. The average molecular weight is 320 g/mol. The first-order valence-electron chi connectivity index (χ1n) is 8.09. The monoisotopic (exact) mass is 320 g/mol. The third-order valence-electron chi connectivity index (χ3n) is 4.14. The smallest absolute Gasteiger partial charge is 0.248 e. The molecule has 1 aliphatic heterocycles. The van der Waals surface area contributed by atoms with Crippen LogP contribution in [0.5, 0.6) is 0 Å². The Morgan fingerprint density at radius 1 is 1.17 bits per heavy atom. The zero-order valence-corrected chi connectivity index (χ0v) is 14.4. The van der Waals surface area contributed by atoms with Gasteiger partial charge in [0.1, 0.15) is 20.3 Å². The number of hydrogen-bond acceptors (Lipinski definition) is 2. The molecule has 3 rings (SSSR count). The van der Waals surface area contributed by atoms with Gasteiger partial charge in [0, 0.05) is 29.3 Å². The summed E-state index contributed by atoms with van der Waals surface area (Å²) in [6.45, 7) is 8.17. The second kappa shape index (κ2) is 6.40. The van der Waals surface area contributed by atoms with E-state index in [9.17, 15) is 4.79 Å². The minimum Gasteiger partial charge on any atom is -0.308 e. The highest BCUT2D eigenvalue weighted by Crippen LogP contribution is 2.31. The van der Waals surface area contributed by atoms with Gasteiger partial charge in [0.15, 0.2) is 0 Å². The first-order valence-corrected chi connectivity index (χ1v) is 8.09. The molecule has 4 nitrogen and oxygen atoms in total. The summed E-state index contributed by atoms with van der Waals surface area (Å²) >= 11 is 0. The number of benzodiazepines with no additional fused rings is 1. The van der Waals surface area contributed by atoms with Gasteiger partial charge >= 0.3 is 0 Å². The summed E-state index contributed by atoms with van der Waals surface area (Å²) < 4.78 is 1.81. The van der Waals surface area contributed by atoms with Crippen molar-refractivity contribution in [3.8, 4) is 0 Å². The lowest BCUT2D eigenvalue weighted by Gasteiger charge is -2.27. The van der Waals surface area contributed by atoms with E-state index in [0.717, 1.165) is 28.2 Å². The summed E-state index contributed by atoms with van der Waals surface area (Å²) in [6, 6.07) is 16.1. The molecule has 1 heterocycles. The molecule has 0 saturated carbocycles. The molecule has 0 unspecified atom stereocenters. The predicted molar refractivity (Wildman–Crippen MR) is 99.0 cm³/mol. The number of hydrogen-bond donors (Lipinski definition) is 0. The van der Waals surface area contributed by atoms with E-state index in [1.165, 1.54) is 0 Å². The Morgan fingerprint density at radius 2 is 1.88 bits per heavy atom. The van der Waals surface area contributed by atoms with E-state index in [2.05, 4.69) is 17.8 Å². The third kappa shape index (κ3) is 2.87. The van der Waals surface area contributed by atoms with Crippen molar-refractivity contribution in [2.45, 2.75) is 19.9 Å². The lowest BCUT2D eigenvalue weighted by Crippen LogP contribution is -2.38. The van der Waals surface area contributed by atoms with Crippen molar-refractivity contribution in [2.24, 2.45) is 4.99 Å². The highest BCUT2D eigenvalue weighted by atomic mass is 16.2. The quantitative estimate of drug-likeness (QED) is 0.631. The molecule has 0 aliphatic carbocycles. The molecule has 2 aromatic carbocycles. The molecule has 0 saturated heterocycles. The molecule has 24 heavy (non-hydrogen) atoms. The number of carbonyl (C=O) groups excluding carboxylic acids is 1. The van der Waals surface area contributed by atoms with Gasteiger partial charge in [0.05, 0.1) is 11.4 Å². The van der Waals surface area contributed by atoms with E-state index in [0.29, 0.717) is 0 Å². The van der Waals surface area contributed by atoms with Crippen molar-refractivity contribution < 1.29 is 9.37 Å². The van der Waals surface area contributed by atoms with Crippen LogP contribution in [0.2, 0.25) is 0 Å². The zero-order valence-electron chi connectivity index (χ0n) is 14.4. The SMILES string of the molecule is C=[N+](C)c1ccc2c(c1)C(c1ccccc1)=NCC(=O)N2C(C)C. The van der Waals surface area contributed by atoms with E-state index in [1.54, 1.807) is 0 Å². The van der Waals surface area contributed by atoms with Crippen molar-refractivity contribution >= 4 is 29.7 Å². The van der Waals surface area contributed by atoms with Gasteiger partial charge in [-0.15, -0.1) is 0 Å². The minimum atomic E-state index is 0.0212. The second-order valence-electron chi connectivity index (χ2n) is 6.29. The number of anilines is 1. The van der Waals surface area contributed by atoms with Crippen LogP contribution in [-0.4, -0.2) is 42.5 Å². The fourth-order valence-corrected chi connectivity index (χ4v) is 3.01. The Bertz CT molecular complexity index is 822. The summed E-state index contributed by atoms with van der Waals surface area (Å²) in [4.78, 5) is 19.1. The molecule has 0 atom stereocenters. The Labute approximate surface area is 142 Å². The van der Waals surface area contributed by atoms with Gasteiger partial charge in [-0.1, -0.05) is 30.3 Å². The standard InChI is InChI=1S/C20H22N3O/c1-14(2)23-18-11-10-16(22(3)4)12-17(18)20(21-13-19(23)24)15-8-6-5-7-9-15/h5-12,14H,3,13H2,1-2,4H3/q+1. The van der Waals surface area contributed by atoms with Crippen LogP contribution in [0.3, 0.4) is 0 Å². The Hall–Kier alpha value is -2.75. The van der Waals surface area contributed by atoms with Crippen molar-refractivity contribution in [3.63, 3.8) is 0 Å². The van der Waals surface area contributed by atoms with E-state index in [-0.39, 0.29) is 18.5 Å². The van der Waals surface area contributed by atoms with Crippen LogP contribution in [-0.2, 0) is 4.79 Å². The largest absolute Gasteiger partial charge is 0.308 e. The number of amides is 1. The van der Waals surface area contributed by atoms with E-state index < -0.39 is 0 Å². The first kappa shape index (κ1) is 16.1. The highest BCUT2D eigenvalue weighted by molar-refractivity contribution is 6.20. The lowest BCUT2D eigenvalue weighted by molar-refractivity contribution is -0.394. The molecule has 1 amide bonds. The van der Waals surface area contributed by atoms with Crippen molar-refractivity contribution in [2.75, 3.05) is 18.5 Å². The van der Waals surface area contributed by atoms with Crippen molar-refractivity contribution in [1.29, 1.82) is 0 Å². The fraction of sp³-hybridized carbons (Fsp3) is 0.250. The van der Waals surface area contributed by atoms with Gasteiger partial charge in [-0.25, -0.2) is 4.58 Å². The van der Waals surface area contributed by atoms with E-state index in [1.807, 2.05) is 72.8 Å². The molecule has 1 aliphatic rings. The predicted octanol–water partition coefficient (Wildman–Crippen LogP) is 3.25. The lowest BCUT2D eigenvalue weighted by atomic mass is 9.99. The normalized spacial score (nSPS) is 14.2. The van der Waals surface area contributed by atoms with Gasteiger partial charge in [-0.2, -0.15) is 0 Å². The number of aliphatic imine (C=N–C) groups is 1. The summed E-state index contributed by atoms with van der Waals surface area (Å²) in [7, 11) is 1.91. The zero-order chi connectivity index (χ0) is 17.3. The third-order valence-corrected chi connectivity index (χ3v) is 4.14. The number of fused-ring (bicyclic) bond motifs is 1. The maximum atomic E-state index is 12.6. The van der Waals surface area contributed by atoms with Gasteiger partial charge < -0.3 is 4.90 Å². The van der Waals surface area contributed by atoms with Crippen LogP contribution in [0, 0.1) is 0 Å². The van der Waals surface area contributed by atoms with Crippen LogP contribution < -0.4 is 4.90 Å². The first-order chi connectivity index (χ1) is 11.5. The van der Waals surface area contributed by atoms with Crippen LogP contribution in [0.15, 0.2) is 53.5 Å². The molecule has 0 radical (unpaired) electrons. The van der Waals surface area contributed by atoms with Crippen molar-refractivity contribution in [1.82, 2.24) is 0 Å². The van der Waals surface area contributed by atoms with Crippen LogP contribution >= 0.6 is 0 Å². The van der Waals surface area contributed by atoms with Gasteiger partial charge in [-0.05, 0) is 19.9 Å². The van der Waals surface area contributed by atoms with Crippen molar-refractivity contribution in [3.05, 3.63) is 59.7 Å². The molecular formula is C20H22N3O+. The van der Waals surface area contributed by atoms with Crippen LogP contribution in [0.1, 0.15) is 25.0 Å². The molecule has 0 spiro atoms. The number of benzene rings is 2. The van der Waals surface area contributed by atoms with Gasteiger partial charge in [0.2, 0.25) is 11.6 Å². The maximum Gasteiger partial charge on any atom is 0.248 e. The molecule has 0 aromatic heterocycles. The van der Waals surface area contributed by atoms with E-state index >= 15 is 0 Å². The van der Waals surface area contributed by atoms with E-state index in [4.69, 9.17) is 0 Å². The number of rotatable bonds is 3. The average Bonchev–Trinajstić information content (AvgIpc) is 2.71. The summed E-state index contributed by atoms with van der Waals surface area (Å²) in [5.41, 5.74) is 4.72. The van der Waals surface area contributed by atoms with Crippen LogP contribution in [0.4, 0.5) is 11.4 Å². The number of carbonyl (C=O) groups is 1. The second-order valence-corrected chi connectivity index (χ2v) is 6.29. The molecule has 0 bridgehead atoms.